The SMILES string of the molecule is COc1ccc(NC(N)=NCc2coc(-c3ccc(C)cc3)n2)cc1.I. The van der Waals surface area contributed by atoms with Gasteiger partial charge in [0.2, 0.25) is 5.89 Å². The summed E-state index contributed by atoms with van der Waals surface area (Å²) >= 11 is 0. The van der Waals surface area contributed by atoms with Crippen LogP contribution >= 0.6 is 24.0 Å². The van der Waals surface area contributed by atoms with Gasteiger partial charge in [-0.3, -0.25) is 0 Å². The molecule has 0 aliphatic carbocycles. The van der Waals surface area contributed by atoms with Crippen LogP contribution in [-0.4, -0.2) is 18.1 Å². The lowest BCUT2D eigenvalue weighted by Crippen LogP contribution is -2.22. The van der Waals surface area contributed by atoms with Gasteiger partial charge in [0.05, 0.1) is 13.7 Å². The zero-order valence-electron chi connectivity index (χ0n) is 14.6. The van der Waals surface area contributed by atoms with Crippen molar-refractivity contribution in [3.8, 4) is 17.2 Å². The number of methoxy groups -OCH3 is 1. The molecular formula is C19H21IN4O2. The highest BCUT2D eigenvalue weighted by molar-refractivity contribution is 14.0. The average Bonchev–Trinajstić information content (AvgIpc) is 3.10. The molecule has 0 bridgehead atoms. The van der Waals surface area contributed by atoms with Crippen LogP contribution in [0.2, 0.25) is 0 Å². The molecule has 0 saturated carbocycles. The molecule has 1 aromatic heterocycles. The molecule has 0 unspecified atom stereocenters. The number of benzene rings is 2. The lowest BCUT2D eigenvalue weighted by molar-refractivity contribution is 0.415. The number of anilines is 1. The monoisotopic (exact) mass is 464 g/mol. The minimum atomic E-state index is 0. The van der Waals surface area contributed by atoms with E-state index in [1.807, 2.05) is 55.5 Å². The lowest BCUT2D eigenvalue weighted by atomic mass is 10.1. The van der Waals surface area contributed by atoms with E-state index in [0.29, 0.717) is 18.4 Å². The van der Waals surface area contributed by atoms with Gasteiger partial charge >= 0.3 is 0 Å². The van der Waals surface area contributed by atoms with Crippen LogP contribution in [0, 0.1) is 6.92 Å². The predicted molar refractivity (Wildman–Crippen MR) is 114 cm³/mol. The Hall–Kier alpha value is -2.55. The van der Waals surface area contributed by atoms with Crippen LogP contribution in [0.4, 0.5) is 5.69 Å². The summed E-state index contributed by atoms with van der Waals surface area (Å²) in [5.41, 5.74) is 9.59. The molecule has 0 spiro atoms. The largest absolute Gasteiger partial charge is 0.497 e. The standard InChI is InChI=1S/C19H20N4O2.HI/c1-13-3-5-14(6-4-13)18-22-16(12-25-18)11-21-19(20)23-15-7-9-17(24-2)10-8-15;/h3-10,12H,11H2,1-2H3,(H3,20,21,23);1H. The molecule has 0 aliphatic heterocycles. The first-order valence-electron chi connectivity index (χ1n) is 7.86. The average molecular weight is 464 g/mol. The Bertz CT molecular complexity index is 858. The van der Waals surface area contributed by atoms with Crippen LogP contribution in [0.3, 0.4) is 0 Å². The van der Waals surface area contributed by atoms with Crippen molar-refractivity contribution < 1.29 is 9.15 Å². The first-order valence-corrected chi connectivity index (χ1v) is 7.86. The molecule has 2 aromatic carbocycles. The first-order chi connectivity index (χ1) is 12.1. The van der Waals surface area contributed by atoms with Gasteiger partial charge in [-0.25, -0.2) is 9.98 Å². The van der Waals surface area contributed by atoms with E-state index < -0.39 is 0 Å². The maximum absolute atomic E-state index is 5.91. The number of rotatable bonds is 5. The van der Waals surface area contributed by atoms with Gasteiger partial charge < -0.3 is 20.2 Å². The quantitative estimate of drug-likeness (QED) is 0.336. The molecule has 0 saturated heterocycles. The fraction of sp³-hybridized carbons (Fsp3) is 0.158. The molecule has 0 atom stereocenters. The fourth-order valence-electron chi connectivity index (χ4n) is 2.24. The van der Waals surface area contributed by atoms with Crippen molar-refractivity contribution in [2.75, 3.05) is 12.4 Å². The smallest absolute Gasteiger partial charge is 0.226 e. The summed E-state index contributed by atoms with van der Waals surface area (Å²) < 4.78 is 10.6. The van der Waals surface area contributed by atoms with Gasteiger partial charge in [-0.2, -0.15) is 0 Å². The molecule has 7 heteroatoms. The predicted octanol–water partition coefficient (Wildman–Crippen LogP) is 4.20. The fourth-order valence-corrected chi connectivity index (χ4v) is 2.24. The number of halogens is 1. The second kappa shape index (κ2) is 9.23. The van der Waals surface area contributed by atoms with Crippen molar-refractivity contribution in [3.05, 3.63) is 66.1 Å². The summed E-state index contributed by atoms with van der Waals surface area (Å²) in [6, 6.07) is 15.4. The number of hydrogen-bond acceptors (Lipinski definition) is 4. The van der Waals surface area contributed by atoms with Crippen LogP contribution in [0.1, 0.15) is 11.3 Å². The molecule has 0 fully saturated rings. The van der Waals surface area contributed by atoms with Gasteiger partial charge in [-0.1, -0.05) is 17.7 Å². The zero-order chi connectivity index (χ0) is 17.6. The van der Waals surface area contributed by atoms with E-state index in [1.165, 1.54) is 5.56 Å². The number of ether oxygens (including phenoxy) is 1. The first kappa shape index (κ1) is 19.8. The molecule has 3 N–H and O–H groups in total. The Labute approximate surface area is 169 Å². The van der Waals surface area contributed by atoms with Gasteiger partial charge in [0.25, 0.3) is 0 Å². The highest BCUT2D eigenvalue weighted by Gasteiger charge is 2.06. The van der Waals surface area contributed by atoms with E-state index >= 15 is 0 Å². The van der Waals surface area contributed by atoms with Crippen LogP contribution in [-0.2, 0) is 6.54 Å². The molecular weight excluding hydrogens is 443 g/mol. The second-order valence-electron chi connectivity index (χ2n) is 5.56. The van der Waals surface area contributed by atoms with Gasteiger partial charge in [0, 0.05) is 11.3 Å². The van der Waals surface area contributed by atoms with E-state index in [1.54, 1.807) is 13.4 Å². The number of guanidine groups is 1. The Morgan fingerprint density at radius 2 is 1.85 bits per heavy atom. The van der Waals surface area contributed by atoms with Crippen molar-refractivity contribution in [1.29, 1.82) is 0 Å². The molecule has 136 valence electrons. The van der Waals surface area contributed by atoms with Gasteiger partial charge in [-0.15, -0.1) is 24.0 Å². The molecule has 0 radical (unpaired) electrons. The topological polar surface area (TPSA) is 85.7 Å². The lowest BCUT2D eigenvalue weighted by Gasteiger charge is -2.06. The summed E-state index contributed by atoms with van der Waals surface area (Å²) in [5.74, 6) is 1.67. The number of oxazole rings is 1. The Kier molecular flexibility index (Phi) is 7.02. The summed E-state index contributed by atoms with van der Waals surface area (Å²) in [5, 5.41) is 3.02. The Balaban J connectivity index is 0.00000243. The van der Waals surface area contributed by atoms with Crippen molar-refractivity contribution in [2.24, 2.45) is 10.7 Å². The Morgan fingerprint density at radius 3 is 2.50 bits per heavy atom. The van der Waals surface area contributed by atoms with E-state index in [2.05, 4.69) is 15.3 Å². The third kappa shape index (κ3) is 5.22. The van der Waals surface area contributed by atoms with Crippen LogP contribution in [0.25, 0.3) is 11.5 Å². The minimum Gasteiger partial charge on any atom is -0.497 e. The molecule has 0 amide bonds. The molecule has 0 aliphatic rings. The number of nitrogens with two attached hydrogens (primary N) is 1. The van der Waals surface area contributed by atoms with Crippen LogP contribution in [0.15, 0.2) is 64.2 Å². The normalized spacial score (nSPS) is 10.9. The van der Waals surface area contributed by atoms with E-state index in [-0.39, 0.29) is 24.0 Å². The summed E-state index contributed by atoms with van der Waals surface area (Å²) in [6.07, 6.45) is 1.60. The van der Waals surface area contributed by atoms with Gasteiger partial charge in [-0.05, 0) is 43.3 Å². The van der Waals surface area contributed by atoms with Gasteiger partial charge in [0.1, 0.15) is 17.7 Å². The number of nitrogens with one attached hydrogen (secondary N) is 1. The number of aryl methyl sites for hydroxylation is 1. The number of aliphatic imine (C=N–C) groups is 1. The molecule has 3 rings (SSSR count). The minimum absolute atomic E-state index is 0. The maximum atomic E-state index is 5.91. The Morgan fingerprint density at radius 1 is 1.15 bits per heavy atom. The van der Waals surface area contributed by atoms with Crippen molar-refractivity contribution in [1.82, 2.24) is 4.98 Å². The molecule has 1 heterocycles. The summed E-state index contributed by atoms with van der Waals surface area (Å²) in [6.45, 7) is 2.38. The third-order valence-electron chi connectivity index (χ3n) is 3.62. The maximum Gasteiger partial charge on any atom is 0.226 e. The van der Waals surface area contributed by atoms with E-state index in [0.717, 1.165) is 22.7 Å². The molecule has 3 aromatic rings. The van der Waals surface area contributed by atoms with Gasteiger partial charge in [0.15, 0.2) is 5.96 Å². The molecule has 26 heavy (non-hydrogen) atoms. The number of hydrogen-bond donors (Lipinski definition) is 2. The van der Waals surface area contributed by atoms with Crippen LogP contribution < -0.4 is 15.8 Å². The van der Waals surface area contributed by atoms with Crippen molar-refractivity contribution in [2.45, 2.75) is 13.5 Å². The van der Waals surface area contributed by atoms with E-state index in [9.17, 15) is 0 Å². The third-order valence-corrected chi connectivity index (χ3v) is 3.62. The van der Waals surface area contributed by atoms with Crippen molar-refractivity contribution >= 4 is 35.6 Å². The highest BCUT2D eigenvalue weighted by atomic mass is 127. The summed E-state index contributed by atoms with van der Waals surface area (Å²) in [7, 11) is 1.63. The van der Waals surface area contributed by atoms with Crippen molar-refractivity contribution in [3.63, 3.8) is 0 Å². The summed E-state index contributed by atoms with van der Waals surface area (Å²) in [4.78, 5) is 8.72. The zero-order valence-corrected chi connectivity index (χ0v) is 16.9. The van der Waals surface area contributed by atoms with Crippen LogP contribution in [0.5, 0.6) is 5.75 Å². The number of aromatic nitrogens is 1. The molecule has 6 nitrogen and oxygen atoms in total. The number of nitrogens with zero attached hydrogens (tertiary/aromatic N) is 2. The highest BCUT2D eigenvalue weighted by Crippen LogP contribution is 2.19. The van der Waals surface area contributed by atoms with E-state index in [4.69, 9.17) is 14.9 Å². The second-order valence-corrected chi connectivity index (χ2v) is 5.56.